The minimum absolute atomic E-state index is 0.136. The third-order valence-corrected chi connectivity index (χ3v) is 4.36. The van der Waals surface area contributed by atoms with Crippen LogP contribution in [0.3, 0.4) is 0 Å². The van der Waals surface area contributed by atoms with E-state index in [2.05, 4.69) is 24.0 Å². The monoisotopic (exact) mass is 316 g/mol. The Morgan fingerprint density at radius 3 is 2.57 bits per heavy atom. The normalized spacial score (nSPS) is 16.6. The zero-order valence-corrected chi connectivity index (χ0v) is 14.6. The van der Waals surface area contributed by atoms with Crippen LogP contribution in [-0.4, -0.2) is 34.7 Å². The average molecular weight is 316 g/mol. The van der Waals surface area contributed by atoms with Crippen LogP contribution in [-0.2, 0) is 16.0 Å². The molecule has 1 heterocycles. The van der Waals surface area contributed by atoms with Crippen molar-refractivity contribution in [1.29, 1.82) is 0 Å². The fourth-order valence-electron chi connectivity index (χ4n) is 2.97. The highest BCUT2D eigenvalue weighted by Crippen LogP contribution is 2.32. The third-order valence-electron chi connectivity index (χ3n) is 4.36. The van der Waals surface area contributed by atoms with Gasteiger partial charge in [0, 0.05) is 5.56 Å². The van der Waals surface area contributed by atoms with Crippen LogP contribution in [0.1, 0.15) is 48.6 Å². The van der Waals surface area contributed by atoms with Crippen molar-refractivity contribution in [1.82, 2.24) is 0 Å². The molecule has 5 nitrogen and oxygen atoms in total. The second kappa shape index (κ2) is 6.14. The fraction of sp³-hybridized carbons (Fsp3) is 0.500. The Hall–Kier alpha value is -2.17. The maximum atomic E-state index is 12.1. The second-order valence-corrected chi connectivity index (χ2v) is 6.59. The van der Waals surface area contributed by atoms with Crippen molar-refractivity contribution in [3.8, 4) is 0 Å². The Morgan fingerprint density at radius 2 is 2.00 bits per heavy atom. The van der Waals surface area contributed by atoms with Crippen LogP contribution in [0.2, 0.25) is 0 Å². The standard InChI is InChI=1S/C18H24N2O3/c1-7-23-17(21)16(20-22)15-13-8-10(2)11(3)12(4)14(13)9-18(5,6)19-15/h8,22H,7,9H2,1-6H3. The van der Waals surface area contributed by atoms with E-state index in [0.717, 1.165) is 23.1 Å². The van der Waals surface area contributed by atoms with Crippen molar-refractivity contribution >= 4 is 17.4 Å². The van der Waals surface area contributed by atoms with Gasteiger partial charge in [0.05, 0.1) is 12.1 Å². The van der Waals surface area contributed by atoms with Gasteiger partial charge in [-0.25, -0.2) is 4.79 Å². The third kappa shape index (κ3) is 3.14. The van der Waals surface area contributed by atoms with E-state index in [4.69, 9.17) is 4.74 Å². The highest BCUT2D eigenvalue weighted by molar-refractivity contribution is 6.69. The van der Waals surface area contributed by atoms with Gasteiger partial charge in [0.1, 0.15) is 5.71 Å². The zero-order valence-electron chi connectivity index (χ0n) is 14.6. The number of esters is 1. The molecule has 0 fully saturated rings. The lowest BCUT2D eigenvalue weighted by molar-refractivity contribution is -0.134. The Morgan fingerprint density at radius 1 is 1.35 bits per heavy atom. The summed E-state index contributed by atoms with van der Waals surface area (Å²) in [6, 6.07) is 2.01. The predicted octanol–water partition coefficient (Wildman–Crippen LogP) is 3.13. The van der Waals surface area contributed by atoms with E-state index in [1.165, 1.54) is 11.1 Å². The Labute approximate surface area is 137 Å². The highest BCUT2D eigenvalue weighted by atomic mass is 16.5. The van der Waals surface area contributed by atoms with E-state index in [1.54, 1.807) is 6.92 Å². The van der Waals surface area contributed by atoms with Crippen molar-refractivity contribution < 1.29 is 14.7 Å². The topological polar surface area (TPSA) is 71.2 Å². The molecule has 2 rings (SSSR count). The molecule has 1 aliphatic heterocycles. The molecule has 1 aromatic rings. The smallest absolute Gasteiger partial charge is 0.362 e. The molecule has 0 saturated carbocycles. The van der Waals surface area contributed by atoms with Gasteiger partial charge >= 0.3 is 5.97 Å². The molecule has 1 aliphatic rings. The van der Waals surface area contributed by atoms with Crippen LogP contribution >= 0.6 is 0 Å². The molecule has 5 heteroatoms. The summed E-state index contributed by atoms with van der Waals surface area (Å²) in [6.45, 7) is 12.1. The number of aliphatic imine (C=N–C) groups is 1. The van der Waals surface area contributed by atoms with Crippen molar-refractivity contribution in [3.63, 3.8) is 0 Å². The minimum atomic E-state index is -0.659. The summed E-state index contributed by atoms with van der Waals surface area (Å²) in [5.41, 5.74) is 5.44. The lowest BCUT2D eigenvalue weighted by Crippen LogP contribution is -2.37. The second-order valence-electron chi connectivity index (χ2n) is 6.59. The fourth-order valence-corrected chi connectivity index (χ4v) is 2.97. The quantitative estimate of drug-likeness (QED) is 0.403. The van der Waals surface area contributed by atoms with Gasteiger partial charge in [-0.15, -0.1) is 0 Å². The molecule has 23 heavy (non-hydrogen) atoms. The van der Waals surface area contributed by atoms with Gasteiger partial charge in [-0.3, -0.25) is 4.99 Å². The van der Waals surface area contributed by atoms with Gasteiger partial charge in [0.25, 0.3) is 0 Å². The van der Waals surface area contributed by atoms with E-state index < -0.39 is 5.97 Å². The Bertz CT molecular complexity index is 715. The lowest BCUT2D eigenvalue weighted by Gasteiger charge is -2.31. The van der Waals surface area contributed by atoms with Gasteiger partial charge in [0.15, 0.2) is 0 Å². The molecular formula is C18H24N2O3. The van der Waals surface area contributed by atoms with E-state index in [0.29, 0.717) is 5.71 Å². The molecule has 0 aliphatic carbocycles. The maximum Gasteiger partial charge on any atom is 0.362 e. The van der Waals surface area contributed by atoms with Crippen molar-refractivity contribution in [2.24, 2.45) is 10.1 Å². The number of carbonyl (C=O) groups is 1. The maximum absolute atomic E-state index is 12.1. The van der Waals surface area contributed by atoms with Gasteiger partial charge < -0.3 is 9.94 Å². The van der Waals surface area contributed by atoms with E-state index in [-0.39, 0.29) is 17.9 Å². The highest BCUT2D eigenvalue weighted by Gasteiger charge is 2.34. The first-order valence-corrected chi connectivity index (χ1v) is 7.81. The first-order valence-electron chi connectivity index (χ1n) is 7.81. The molecule has 0 radical (unpaired) electrons. The number of oxime groups is 1. The number of fused-ring (bicyclic) bond motifs is 1. The molecule has 1 N–H and O–H groups in total. The summed E-state index contributed by atoms with van der Waals surface area (Å²) in [5, 5.41) is 12.6. The first kappa shape index (κ1) is 17.2. The van der Waals surface area contributed by atoms with E-state index in [9.17, 15) is 10.0 Å². The molecule has 0 amide bonds. The number of carbonyl (C=O) groups excluding carboxylic acids is 1. The van der Waals surface area contributed by atoms with Crippen molar-refractivity contribution in [2.45, 2.75) is 53.5 Å². The van der Waals surface area contributed by atoms with Gasteiger partial charge in [-0.05, 0) is 76.3 Å². The summed E-state index contributed by atoms with van der Waals surface area (Å²) < 4.78 is 5.00. The molecule has 0 aromatic heterocycles. The number of aryl methyl sites for hydroxylation is 1. The van der Waals surface area contributed by atoms with Crippen LogP contribution in [0.15, 0.2) is 16.2 Å². The lowest BCUT2D eigenvalue weighted by atomic mass is 9.81. The molecule has 0 atom stereocenters. The van der Waals surface area contributed by atoms with Crippen LogP contribution in [0.5, 0.6) is 0 Å². The van der Waals surface area contributed by atoms with Gasteiger partial charge in [-0.1, -0.05) is 5.16 Å². The number of hydrogen-bond donors (Lipinski definition) is 1. The summed E-state index contributed by atoms with van der Waals surface area (Å²) in [6.07, 6.45) is 0.778. The number of benzene rings is 1. The van der Waals surface area contributed by atoms with Crippen molar-refractivity contribution in [2.75, 3.05) is 6.61 Å². The molecule has 124 valence electrons. The average Bonchev–Trinajstić information content (AvgIpc) is 2.47. The van der Waals surface area contributed by atoms with Crippen LogP contribution in [0.4, 0.5) is 0 Å². The molecule has 0 spiro atoms. The Balaban J connectivity index is 2.69. The largest absolute Gasteiger partial charge is 0.461 e. The molecular weight excluding hydrogens is 292 g/mol. The number of nitrogens with zero attached hydrogens (tertiary/aromatic N) is 2. The van der Waals surface area contributed by atoms with Crippen LogP contribution < -0.4 is 0 Å². The molecule has 0 unspecified atom stereocenters. The predicted molar refractivity (Wildman–Crippen MR) is 90.8 cm³/mol. The van der Waals surface area contributed by atoms with E-state index in [1.807, 2.05) is 26.8 Å². The summed E-state index contributed by atoms with van der Waals surface area (Å²) in [7, 11) is 0. The first-order chi connectivity index (χ1) is 10.7. The zero-order chi connectivity index (χ0) is 17.4. The SMILES string of the molecule is CCOC(=O)C(=NO)C1=NC(C)(C)Cc2c1cc(C)c(C)c2C. The minimum Gasteiger partial charge on any atom is -0.461 e. The molecule has 0 saturated heterocycles. The number of hydrogen-bond acceptors (Lipinski definition) is 5. The van der Waals surface area contributed by atoms with Crippen LogP contribution in [0, 0.1) is 20.8 Å². The summed E-state index contributed by atoms with van der Waals surface area (Å²) >= 11 is 0. The summed E-state index contributed by atoms with van der Waals surface area (Å²) in [4.78, 5) is 16.8. The summed E-state index contributed by atoms with van der Waals surface area (Å²) in [5.74, 6) is -0.659. The van der Waals surface area contributed by atoms with Crippen molar-refractivity contribution in [3.05, 3.63) is 33.9 Å². The van der Waals surface area contributed by atoms with Crippen LogP contribution in [0.25, 0.3) is 0 Å². The number of rotatable bonds is 3. The molecule has 1 aromatic carbocycles. The molecule has 0 bridgehead atoms. The van der Waals surface area contributed by atoms with E-state index >= 15 is 0 Å². The number of ether oxygens (including phenoxy) is 1. The van der Waals surface area contributed by atoms with Gasteiger partial charge in [0.2, 0.25) is 5.71 Å². The Kier molecular flexibility index (Phi) is 4.59. The van der Waals surface area contributed by atoms with Gasteiger partial charge in [-0.2, -0.15) is 0 Å².